The van der Waals surface area contributed by atoms with Gasteiger partial charge in [-0.3, -0.25) is 0 Å². The lowest BCUT2D eigenvalue weighted by molar-refractivity contribution is -0.137. The van der Waals surface area contributed by atoms with Crippen LogP contribution in [0.25, 0.3) is 0 Å². The van der Waals surface area contributed by atoms with Crippen molar-refractivity contribution in [3.63, 3.8) is 0 Å². The number of hydrogen-bond donors (Lipinski definition) is 1. The maximum Gasteiger partial charge on any atom is 0.416 e. The van der Waals surface area contributed by atoms with E-state index in [0.29, 0.717) is 16.1 Å². The van der Waals surface area contributed by atoms with Crippen LogP contribution in [-0.4, -0.2) is 0 Å². The van der Waals surface area contributed by atoms with Gasteiger partial charge in [0.25, 0.3) is 0 Å². The van der Waals surface area contributed by atoms with E-state index in [2.05, 4.69) is 15.9 Å². The van der Waals surface area contributed by atoms with E-state index in [1.54, 1.807) is 25.1 Å². The highest BCUT2D eigenvalue weighted by Crippen LogP contribution is 2.33. The molecule has 0 bridgehead atoms. The van der Waals surface area contributed by atoms with Crippen molar-refractivity contribution in [3.05, 3.63) is 68.1 Å². The van der Waals surface area contributed by atoms with E-state index in [9.17, 15) is 13.2 Å². The summed E-state index contributed by atoms with van der Waals surface area (Å²) < 4.78 is 38.8. The lowest BCUT2D eigenvalue weighted by Crippen LogP contribution is -2.14. The van der Waals surface area contributed by atoms with E-state index in [-0.39, 0.29) is 0 Å². The monoisotopic (exact) mass is 377 g/mol. The van der Waals surface area contributed by atoms with Crippen molar-refractivity contribution in [3.8, 4) is 0 Å². The normalized spacial score (nSPS) is 13.3. The first-order valence-electron chi connectivity index (χ1n) is 6.08. The van der Waals surface area contributed by atoms with Crippen molar-refractivity contribution < 1.29 is 13.2 Å². The predicted octanol–water partition coefficient (Wildman–Crippen LogP) is 5.48. The molecule has 0 spiro atoms. The topological polar surface area (TPSA) is 26.0 Å². The molecule has 0 amide bonds. The summed E-state index contributed by atoms with van der Waals surface area (Å²) in [5.41, 5.74) is 7.34. The zero-order chi connectivity index (χ0) is 15.8. The summed E-state index contributed by atoms with van der Waals surface area (Å²) in [6, 6.07) is 8.25. The van der Waals surface area contributed by atoms with Gasteiger partial charge in [-0.2, -0.15) is 13.2 Å². The van der Waals surface area contributed by atoms with Crippen LogP contribution in [0.15, 0.2) is 40.9 Å². The third-order valence-corrected chi connectivity index (χ3v) is 3.85. The average Bonchev–Trinajstić information content (AvgIpc) is 2.35. The van der Waals surface area contributed by atoms with Gasteiger partial charge >= 0.3 is 6.18 Å². The Kier molecular flexibility index (Phi) is 4.66. The van der Waals surface area contributed by atoms with E-state index in [0.717, 1.165) is 22.2 Å². The van der Waals surface area contributed by atoms with E-state index in [4.69, 9.17) is 17.3 Å². The molecule has 0 aliphatic heterocycles. The predicted molar refractivity (Wildman–Crippen MR) is 81.4 cm³/mol. The number of halogens is 5. The molecular formula is C15H12BrClF3N. The minimum absolute atomic E-state index is 0.494. The SMILES string of the molecule is Cc1cc(C(F)(F)F)ccc1C(N)c1cc(Cl)cc(Br)c1. The summed E-state index contributed by atoms with van der Waals surface area (Å²) in [6.07, 6.45) is -4.35. The quantitative estimate of drug-likeness (QED) is 0.736. The molecule has 2 N–H and O–H groups in total. The van der Waals surface area contributed by atoms with Crippen LogP contribution in [0.4, 0.5) is 13.2 Å². The Morgan fingerprint density at radius 2 is 1.81 bits per heavy atom. The molecule has 6 heteroatoms. The second-order valence-electron chi connectivity index (χ2n) is 4.75. The number of aryl methyl sites for hydroxylation is 1. The molecule has 0 fully saturated rings. The Bertz CT molecular complexity index is 650. The van der Waals surface area contributed by atoms with Gasteiger partial charge in [-0.25, -0.2) is 0 Å². The van der Waals surface area contributed by atoms with E-state index < -0.39 is 17.8 Å². The molecule has 0 radical (unpaired) electrons. The Balaban J connectivity index is 2.42. The van der Waals surface area contributed by atoms with Crippen molar-refractivity contribution in [2.45, 2.75) is 19.1 Å². The molecule has 0 aromatic heterocycles. The van der Waals surface area contributed by atoms with E-state index >= 15 is 0 Å². The van der Waals surface area contributed by atoms with Crippen molar-refractivity contribution in [2.24, 2.45) is 5.73 Å². The van der Waals surface area contributed by atoms with Crippen molar-refractivity contribution in [2.75, 3.05) is 0 Å². The first kappa shape index (κ1) is 16.3. The molecule has 1 nitrogen and oxygen atoms in total. The van der Waals surface area contributed by atoms with Gasteiger partial charge < -0.3 is 5.73 Å². The summed E-state index contributed by atoms with van der Waals surface area (Å²) >= 11 is 9.29. The third-order valence-electron chi connectivity index (χ3n) is 3.18. The van der Waals surface area contributed by atoms with E-state index in [1.807, 2.05) is 0 Å². The summed E-state index contributed by atoms with van der Waals surface area (Å²) in [4.78, 5) is 0. The van der Waals surface area contributed by atoms with Gasteiger partial charge in [-0.1, -0.05) is 33.6 Å². The molecule has 0 aliphatic rings. The Labute approximate surface area is 134 Å². The largest absolute Gasteiger partial charge is 0.416 e. The second-order valence-corrected chi connectivity index (χ2v) is 6.10. The Morgan fingerprint density at radius 3 is 2.33 bits per heavy atom. The standard InChI is InChI=1S/C15H12BrClF3N/c1-8-4-10(15(18,19)20)2-3-13(8)14(21)9-5-11(16)7-12(17)6-9/h2-7,14H,21H2,1H3. The van der Waals surface area contributed by atoms with Crippen LogP contribution >= 0.6 is 27.5 Å². The first-order valence-corrected chi connectivity index (χ1v) is 7.25. The lowest BCUT2D eigenvalue weighted by Gasteiger charge is -2.17. The Hall–Kier alpha value is -1.04. The lowest BCUT2D eigenvalue weighted by atomic mass is 9.94. The van der Waals surface area contributed by atoms with Gasteiger partial charge in [0.1, 0.15) is 0 Å². The molecule has 1 atom stereocenters. The molecule has 2 aromatic rings. The minimum atomic E-state index is -4.35. The molecule has 1 unspecified atom stereocenters. The zero-order valence-corrected chi connectivity index (χ0v) is 13.4. The molecule has 2 aromatic carbocycles. The molecule has 0 aliphatic carbocycles. The van der Waals surface area contributed by atoms with Gasteiger partial charge in [0.05, 0.1) is 11.6 Å². The fourth-order valence-corrected chi connectivity index (χ4v) is 3.02. The van der Waals surface area contributed by atoms with Crippen LogP contribution in [0, 0.1) is 6.92 Å². The maximum absolute atomic E-state index is 12.7. The second kappa shape index (κ2) is 5.99. The average molecular weight is 379 g/mol. The number of hydrogen-bond acceptors (Lipinski definition) is 1. The number of nitrogens with two attached hydrogens (primary N) is 1. The number of benzene rings is 2. The fourth-order valence-electron chi connectivity index (χ4n) is 2.14. The smallest absolute Gasteiger partial charge is 0.320 e. The van der Waals surface area contributed by atoms with Gasteiger partial charge in [0.2, 0.25) is 0 Å². The van der Waals surface area contributed by atoms with Gasteiger partial charge in [0, 0.05) is 9.50 Å². The van der Waals surface area contributed by atoms with Gasteiger partial charge in [-0.05, 0) is 53.9 Å². The van der Waals surface area contributed by atoms with Crippen LogP contribution in [0.5, 0.6) is 0 Å². The van der Waals surface area contributed by atoms with Crippen molar-refractivity contribution in [1.29, 1.82) is 0 Å². The molecule has 2 rings (SSSR count). The summed E-state index contributed by atoms with van der Waals surface area (Å²) in [5, 5.41) is 0.513. The van der Waals surface area contributed by atoms with Crippen LogP contribution in [-0.2, 0) is 6.18 Å². The molecule has 21 heavy (non-hydrogen) atoms. The van der Waals surface area contributed by atoms with Gasteiger partial charge in [-0.15, -0.1) is 0 Å². The van der Waals surface area contributed by atoms with Crippen molar-refractivity contribution >= 4 is 27.5 Å². The van der Waals surface area contributed by atoms with Crippen LogP contribution in [0.3, 0.4) is 0 Å². The highest BCUT2D eigenvalue weighted by atomic mass is 79.9. The summed E-state index contributed by atoms with van der Waals surface area (Å²) in [5.74, 6) is 0. The van der Waals surface area contributed by atoms with Gasteiger partial charge in [0.15, 0.2) is 0 Å². The number of alkyl halides is 3. The van der Waals surface area contributed by atoms with Crippen molar-refractivity contribution in [1.82, 2.24) is 0 Å². The molecule has 0 saturated heterocycles. The summed E-state index contributed by atoms with van der Waals surface area (Å²) in [7, 11) is 0. The fraction of sp³-hybridized carbons (Fsp3) is 0.200. The highest BCUT2D eigenvalue weighted by molar-refractivity contribution is 9.10. The first-order chi connectivity index (χ1) is 9.68. The van der Waals surface area contributed by atoms with Crippen LogP contribution < -0.4 is 5.73 Å². The van der Waals surface area contributed by atoms with Crippen LogP contribution in [0.1, 0.15) is 28.3 Å². The Morgan fingerprint density at radius 1 is 1.14 bits per heavy atom. The highest BCUT2D eigenvalue weighted by Gasteiger charge is 2.31. The zero-order valence-electron chi connectivity index (χ0n) is 11.0. The molecule has 112 valence electrons. The van der Waals surface area contributed by atoms with E-state index in [1.165, 1.54) is 6.07 Å². The van der Waals surface area contributed by atoms with Crippen LogP contribution in [0.2, 0.25) is 5.02 Å². The molecule has 0 saturated carbocycles. The molecule has 0 heterocycles. The summed E-state index contributed by atoms with van der Waals surface area (Å²) in [6.45, 7) is 1.62. The third kappa shape index (κ3) is 3.78. The number of rotatable bonds is 2. The minimum Gasteiger partial charge on any atom is -0.320 e. The molecular weight excluding hydrogens is 367 g/mol. The maximum atomic E-state index is 12.7.